The Morgan fingerprint density at radius 1 is 1.71 bits per heavy atom. The van der Waals surface area contributed by atoms with E-state index in [1.165, 1.54) is 17.4 Å². The zero-order valence-electron chi connectivity index (χ0n) is 4.61. The average Bonchev–Trinajstić information content (AvgIpc) is 1.69. The van der Waals surface area contributed by atoms with Gasteiger partial charge in [-0.25, -0.2) is 0 Å². The first kappa shape index (κ1) is 5.22. The van der Waals surface area contributed by atoms with Crippen molar-refractivity contribution in [1.29, 1.82) is 0 Å². The van der Waals surface area contributed by atoms with Crippen molar-refractivity contribution >= 4 is 16.5 Å². The second-order valence-electron chi connectivity index (χ2n) is 1.81. The molecule has 1 aliphatic rings. The quantitative estimate of drug-likeness (QED) is 0.452. The first-order valence-corrected chi connectivity index (χ1v) is 4.79. The Morgan fingerprint density at radius 2 is 2.57 bits per heavy atom. The Morgan fingerprint density at radius 3 is 2.86 bits per heavy atom. The van der Waals surface area contributed by atoms with Crippen LogP contribution in [0.3, 0.4) is 0 Å². The molecule has 0 aromatic heterocycles. The number of hydrogen-bond donors (Lipinski definition) is 0. The third-order valence-electron chi connectivity index (χ3n) is 1.11. The van der Waals surface area contributed by atoms with E-state index < -0.39 is 0 Å². The summed E-state index contributed by atoms with van der Waals surface area (Å²) < 4.78 is 6.50. The van der Waals surface area contributed by atoms with E-state index in [-0.39, 0.29) is 0 Å². The fourth-order valence-electron chi connectivity index (χ4n) is 0.681. The molecule has 0 aliphatic carbocycles. The molecular weight excluding hydrogens is 149 g/mol. The third kappa shape index (κ3) is 1.55. The summed E-state index contributed by atoms with van der Waals surface area (Å²) in [6.45, 7) is 0.966. The van der Waals surface area contributed by atoms with Gasteiger partial charge in [0.15, 0.2) is 0 Å². The fraction of sp³-hybridized carbons (Fsp3) is 0.600. The van der Waals surface area contributed by atoms with Crippen LogP contribution in [-0.4, -0.2) is 23.1 Å². The predicted octanol–water partition coefficient (Wildman–Crippen LogP) is 0.00360. The van der Waals surface area contributed by atoms with Gasteiger partial charge in [-0.2, -0.15) is 0 Å². The van der Waals surface area contributed by atoms with Crippen LogP contribution in [0, 0.1) is 0 Å². The minimum atomic E-state index is 0.771. The van der Waals surface area contributed by atoms with Crippen molar-refractivity contribution < 1.29 is 4.74 Å². The Kier molecular flexibility index (Phi) is 1.80. The molecule has 0 spiro atoms. The van der Waals surface area contributed by atoms with E-state index in [0.29, 0.717) is 0 Å². The zero-order chi connectivity index (χ0) is 5.11. The van der Waals surface area contributed by atoms with E-state index in [0.717, 1.165) is 23.1 Å². The van der Waals surface area contributed by atoms with Gasteiger partial charge in [0.05, 0.1) is 0 Å². The van der Waals surface area contributed by atoms with Crippen LogP contribution in [0.15, 0.2) is 10.7 Å². The summed E-state index contributed by atoms with van der Waals surface area (Å²) in [5, 5.41) is 0. The Bertz CT molecular complexity index is 88.1. The molecule has 0 aromatic rings. The monoisotopic (exact) mass is 160 g/mol. The summed E-state index contributed by atoms with van der Waals surface area (Å²) in [4.78, 5) is 0. The molecule has 0 saturated heterocycles. The van der Waals surface area contributed by atoms with E-state index in [4.69, 9.17) is 4.74 Å². The van der Waals surface area contributed by atoms with Crippen LogP contribution in [0.4, 0.5) is 0 Å². The average molecular weight is 159 g/mol. The molecule has 0 atom stereocenters. The van der Waals surface area contributed by atoms with Crippen molar-refractivity contribution in [2.75, 3.05) is 6.61 Å². The van der Waals surface area contributed by atoms with Gasteiger partial charge in [0.1, 0.15) is 0 Å². The maximum absolute atomic E-state index is 5.22. The van der Waals surface area contributed by atoms with Crippen LogP contribution >= 0.6 is 0 Å². The van der Waals surface area contributed by atoms with E-state index in [1.807, 2.05) is 0 Å². The first-order valence-electron chi connectivity index (χ1n) is 2.69. The molecule has 0 aromatic carbocycles. The van der Waals surface area contributed by atoms with Crippen LogP contribution in [0.1, 0.15) is 12.8 Å². The second kappa shape index (κ2) is 2.41. The molecule has 2 heteroatoms. The van der Waals surface area contributed by atoms with Gasteiger partial charge >= 0.3 is 51.4 Å². The molecule has 7 heavy (non-hydrogen) atoms. The molecule has 0 saturated carbocycles. The van der Waals surface area contributed by atoms with Crippen molar-refractivity contribution in [1.82, 2.24) is 0 Å². The van der Waals surface area contributed by atoms with Gasteiger partial charge < -0.3 is 0 Å². The van der Waals surface area contributed by atoms with E-state index in [2.05, 4.69) is 6.08 Å². The van der Waals surface area contributed by atoms with Crippen molar-refractivity contribution in [2.24, 2.45) is 0 Å². The van der Waals surface area contributed by atoms with Gasteiger partial charge in [0.25, 0.3) is 0 Å². The van der Waals surface area contributed by atoms with E-state index in [9.17, 15) is 0 Å². The molecule has 0 unspecified atom stereocenters. The predicted molar refractivity (Wildman–Crippen MR) is 33.2 cm³/mol. The van der Waals surface area contributed by atoms with Crippen LogP contribution in [0.5, 0.6) is 0 Å². The summed E-state index contributed by atoms with van der Waals surface area (Å²) in [6, 6.07) is 0. The van der Waals surface area contributed by atoms with Crippen LogP contribution < -0.4 is 0 Å². The van der Waals surface area contributed by atoms with Crippen molar-refractivity contribution in [3.8, 4) is 0 Å². The third-order valence-corrected chi connectivity index (χ3v) is 2.57. The Hall–Kier alpha value is 0.0829. The summed E-state index contributed by atoms with van der Waals surface area (Å²) in [5.74, 6) is 0. The van der Waals surface area contributed by atoms with E-state index >= 15 is 0 Å². The van der Waals surface area contributed by atoms with Gasteiger partial charge in [-0.15, -0.1) is 0 Å². The summed E-state index contributed by atoms with van der Waals surface area (Å²) in [5.41, 5.74) is 0. The molecule has 0 fully saturated rings. The molecule has 1 aliphatic heterocycles. The zero-order valence-corrected chi connectivity index (χ0v) is 8.80. The van der Waals surface area contributed by atoms with Crippen LogP contribution in [0.2, 0.25) is 0 Å². The fourth-order valence-corrected chi connectivity index (χ4v) is 1.71. The standard InChI is InChI=1S/C5H10GeO/c6-5-3-1-2-4-7-5/h3H,1-2,4H2,6H3. The topological polar surface area (TPSA) is 9.23 Å². The molecular formula is C5H10GeO. The molecule has 0 bridgehead atoms. The molecule has 0 radical (unpaired) electrons. The minimum absolute atomic E-state index is 0.771. The van der Waals surface area contributed by atoms with Gasteiger partial charge in [-0.3, -0.25) is 0 Å². The van der Waals surface area contributed by atoms with Crippen molar-refractivity contribution in [3.63, 3.8) is 0 Å². The normalized spacial score (nSPS) is 20.9. The second-order valence-corrected chi connectivity index (χ2v) is 3.87. The Labute approximate surface area is 52.0 Å². The maximum atomic E-state index is 5.22. The SMILES string of the molecule is [GeH3][C]1=CCCCO1. The van der Waals surface area contributed by atoms with Gasteiger partial charge in [-0.05, 0) is 0 Å². The van der Waals surface area contributed by atoms with Crippen molar-refractivity contribution in [3.05, 3.63) is 10.7 Å². The molecule has 1 rings (SSSR count). The van der Waals surface area contributed by atoms with Gasteiger partial charge in [-0.1, -0.05) is 0 Å². The summed E-state index contributed by atoms with van der Waals surface area (Å²) in [6.07, 6.45) is 4.68. The molecule has 0 amide bonds. The Balaban J connectivity index is 2.40. The van der Waals surface area contributed by atoms with E-state index in [1.54, 1.807) is 0 Å². The first-order chi connectivity index (χ1) is 3.39. The van der Waals surface area contributed by atoms with Crippen LogP contribution in [-0.2, 0) is 4.74 Å². The molecule has 1 heterocycles. The van der Waals surface area contributed by atoms with Crippen molar-refractivity contribution in [2.45, 2.75) is 12.8 Å². The summed E-state index contributed by atoms with van der Waals surface area (Å²) >= 11 is 0.771. The van der Waals surface area contributed by atoms with Gasteiger partial charge in [0.2, 0.25) is 0 Å². The number of rotatable bonds is 0. The van der Waals surface area contributed by atoms with Crippen LogP contribution in [0.25, 0.3) is 0 Å². The number of ether oxygens (including phenoxy) is 1. The number of allylic oxidation sites excluding steroid dienone is 1. The molecule has 1 nitrogen and oxygen atoms in total. The molecule has 40 valence electrons. The van der Waals surface area contributed by atoms with Gasteiger partial charge in [0, 0.05) is 0 Å². The molecule has 0 N–H and O–H groups in total. The summed E-state index contributed by atoms with van der Waals surface area (Å²) in [7, 11) is 0. The number of hydrogen-bond acceptors (Lipinski definition) is 1.